The van der Waals surface area contributed by atoms with Crippen molar-refractivity contribution in [3.63, 3.8) is 0 Å². The van der Waals surface area contributed by atoms with Crippen LogP contribution in [0.3, 0.4) is 0 Å². The van der Waals surface area contributed by atoms with Gasteiger partial charge in [0.05, 0.1) is 30.0 Å². The van der Waals surface area contributed by atoms with E-state index in [0.717, 1.165) is 39.0 Å². The Balaban J connectivity index is 1.27. The molecule has 2 aromatic heterocycles. The molecule has 368 valence electrons. The Labute approximate surface area is 405 Å². The molecule has 6 bridgehead atoms. The fourth-order valence-electron chi connectivity index (χ4n) is 10.1. The van der Waals surface area contributed by atoms with Crippen molar-refractivity contribution in [2.45, 2.75) is 104 Å². The minimum Gasteiger partial charge on any atom is -0.508 e. The van der Waals surface area contributed by atoms with Crippen molar-refractivity contribution in [1.29, 1.82) is 0 Å². The zero-order chi connectivity index (χ0) is 49.7. The van der Waals surface area contributed by atoms with Gasteiger partial charge in [0.15, 0.2) is 0 Å². The van der Waals surface area contributed by atoms with Crippen molar-refractivity contribution < 1.29 is 43.3 Å². The zero-order valence-corrected chi connectivity index (χ0v) is 41.4. The molecule has 3 aliphatic rings. The number of esters is 1. The number of nitrogens with zero attached hydrogens (tertiary/aromatic N) is 5. The number of fused-ring (bicyclic) bond motifs is 6. The van der Waals surface area contributed by atoms with Crippen molar-refractivity contribution in [2.75, 3.05) is 54.1 Å². The van der Waals surface area contributed by atoms with E-state index < -0.39 is 53.1 Å². The highest BCUT2D eigenvalue weighted by molar-refractivity contribution is 5.97. The standard InChI is InChI=1S/C53H67N7O9/c1-10-59-44-18-17-35-28-40(44)41(48(59)39-14-11-20-54-46(39)33(4)68-9)29-53(5,6)31-69-52(66)42-15-12-21-60(56-42)51(65)43(26-34-24-37(35)27-38(61)25-34)55-49(63)47(32(2)3)57(7)50(64)36-19-22-58(30-36)45(62)16-13-23-67-8/h11,14,17-18,20,24-25,27-28,32-33,36,42-43,47,56,61H,10,12,15,19,21-23,26,29-31H2,1-9H3,(H,55,63)/t33-,36-,42-,43-,47?/m0/s1. The third-order valence-corrected chi connectivity index (χ3v) is 13.6. The van der Waals surface area contributed by atoms with Crippen molar-refractivity contribution in [2.24, 2.45) is 17.3 Å². The monoisotopic (exact) mass is 946 g/mol. The lowest BCUT2D eigenvalue weighted by Gasteiger charge is -2.37. The van der Waals surface area contributed by atoms with Gasteiger partial charge in [-0.1, -0.05) is 45.7 Å². The number of cyclic esters (lactones) is 1. The summed E-state index contributed by atoms with van der Waals surface area (Å²) in [6, 6.07) is 12.4. The van der Waals surface area contributed by atoms with E-state index in [1.54, 1.807) is 32.5 Å². The number of phenols is 1. The summed E-state index contributed by atoms with van der Waals surface area (Å²) in [6.45, 7) is 13.5. The van der Waals surface area contributed by atoms with Gasteiger partial charge in [0.25, 0.3) is 11.8 Å². The third-order valence-electron chi connectivity index (χ3n) is 13.6. The molecule has 7 rings (SSSR count). The first-order chi connectivity index (χ1) is 32.9. The molecule has 4 amide bonds. The molecular formula is C53H67N7O9. The van der Waals surface area contributed by atoms with Crippen LogP contribution in [0.4, 0.5) is 0 Å². The lowest BCUT2D eigenvalue weighted by Crippen LogP contribution is -2.62. The van der Waals surface area contributed by atoms with Crippen LogP contribution in [0.1, 0.15) is 83.7 Å². The molecule has 2 fully saturated rings. The van der Waals surface area contributed by atoms with Crippen molar-refractivity contribution in [1.82, 2.24) is 35.1 Å². The van der Waals surface area contributed by atoms with Gasteiger partial charge in [0, 0.05) is 81.9 Å². The SMILES string of the molecule is CCn1c(-c2cccnc2[C@H](C)OC)c2c3cc(ccc31)-c1cc(O)cc(c1)C[C@H](NC(=O)C(C(C)C)N(C)C(=O)[C@H]1CCN(C(=O)C#CCOC)C1)C(=O)N1CCC[C@H](N1)C(=O)OCC(C)(C)C2. The van der Waals surface area contributed by atoms with Gasteiger partial charge in [-0.25, -0.2) is 5.43 Å². The maximum absolute atomic E-state index is 14.8. The van der Waals surface area contributed by atoms with Gasteiger partial charge in [0.2, 0.25) is 11.8 Å². The van der Waals surface area contributed by atoms with Crippen LogP contribution in [0.5, 0.6) is 5.75 Å². The summed E-state index contributed by atoms with van der Waals surface area (Å²) in [5, 5.41) is 16.7. The van der Waals surface area contributed by atoms with Gasteiger partial charge in [-0.05, 0) is 110 Å². The van der Waals surface area contributed by atoms with Gasteiger partial charge in [0.1, 0.15) is 30.5 Å². The summed E-state index contributed by atoms with van der Waals surface area (Å²) in [4.78, 5) is 77.8. The Morgan fingerprint density at radius 2 is 1.84 bits per heavy atom. The number of carbonyl (C=O) groups is 5. The highest BCUT2D eigenvalue weighted by atomic mass is 16.5. The Hall–Kier alpha value is -6.28. The molecule has 0 spiro atoms. The molecule has 3 N–H and O–H groups in total. The maximum Gasteiger partial charge on any atom is 0.324 e. The number of aromatic nitrogens is 2. The Morgan fingerprint density at radius 1 is 1.06 bits per heavy atom. The van der Waals surface area contributed by atoms with Crippen molar-refractivity contribution >= 4 is 40.5 Å². The average Bonchev–Trinajstić information content (AvgIpc) is 3.95. The van der Waals surface area contributed by atoms with Crippen LogP contribution in [0, 0.1) is 29.1 Å². The second-order valence-electron chi connectivity index (χ2n) is 19.6. The number of phenolic OH excluding ortho intramolecular Hbond substituents is 1. The molecule has 1 unspecified atom stereocenters. The van der Waals surface area contributed by atoms with Gasteiger partial charge >= 0.3 is 5.97 Å². The topological polar surface area (TPSA) is 185 Å². The molecule has 2 aromatic carbocycles. The molecular weight excluding hydrogens is 879 g/mol. The molecule has 5 atom stereocenters. The molecule has 3 aliphatic heterocycles. The molecule has 16 nitrogen and oxygen atoms in total. The number of amides is 4. The van der Waals surface area contributed by atoms with E-state index in [-0.39, 0.29) is 56.4 Å². The molecule has 2 saturated heterocycles. The molecule has 0 aliphatic carbocycles. The Kier molecular flexibility index (Phi) is 15.8. The van der Waals surface area contributed by atoms with Gasteiger partial charge in [-0.15, -0.1) is 0 Å². The summed E-state index contributed by atoms with van der Waals surface area (Å²) >= 11 is 0. The number of benzene rings is 2. The molecule has 69 heavy (non-hydrogen) atoms. The second-order valence-corrected chi connectivity index (χ2v) is 19.6. The smallest absolute Gasteiger partial charge is 0.324 e. The summed E-state index contributed by atoms with van der Waals surface area (Å²) < 4.78 is 19.1. The van der Waals surface area contributed by atoms with E-state index in [0.29, 0.717) is 49.9 Å². The lowest BCUT2D eigenvalue weighted by atomic mass is 9.84. The summed E-state index contributed by atoms with van der Waals surface area (Å²) in [5.74, 6) is 2.07. The van der Waals surface area contributed by atoms with E-state index in [1.807, 2.05) is 39.0 Å². The number of pyridine rings is 1. The number of aromatic hydroxyl groups is 1. The average molecular weight is 946 g/mol. The third kappa shape index (κ3) is 11.1. The summed E-state index contributed by atoms with van der Waals surface area (Å²) in [5.41, 5.74) is 9.48. The number of hydrogen-bond acceptors (Lipinski definition) is 11. The number of carbonyl (C=O) groups excluding carboxylic acids is 5. The number of hydrogen-bond donors (Lipinski definition) is 3. The number of rotatable bonds is 10. The minimum atomic E-state index is -1.18. The quantitative estimate of drug-likeness (QED) is 0.136. The highest BCUT2D eigenvalue weighted by Gasteiger charge is 2.40. The number of ether oxygens (including phenoxy) is 3. The number of likely N-dealkylation sites (N-methyl/N-ethyl adjacent to an activating group) is 1. The molecule has 5 heterocycles. The highest BCUT2D eigenvalue weighted by Crippen LogP contribution is 2.42. The fourth-order valence-corrected chi connectivity index (χ4v) is 10.1. The molecule has 16 heteroatoms. The number of likely N-dealkylation sites (tertiary alicyclic amines) is 1. The minimum absolute atomic E-state index is 0.0192. The van der Waals surface area contributed by atoms with E-state index in [4.69, 9.17) is 19.2 Å². The van der Waals surface area contributed by atoms with Gasteiger partial charge < -0.3 is 39.0 Å². The van der Waals surface area contributed by atoms with E-state index >= 15 is 0 Å². The summed E-state index contributed by atoms with van der Waals surface area (Å²) in [6.07, 6.45) is 3.34. The second kappa shape index (κ2) is 21.6. The Bertz CT molecular complexity index is 2650. The van der Waals surface area contributed by atoms with Crippen LogP contribution in [-0.4, -0.2) is 131 Å². The Morgan fingerprint density at radius 3 is 2.57 bits per heavy atom. The predicted octanol–water partition coefficient (Wildman–Crippen LogP) is 5.43. The normalized spacial score (nSPS) is 20.4. The van der Waals surface area contributed by atoms with Crippen LogP contribution < -0.4 is 10.7 Å². The predicted molar refractivity (Wildman–Crippen MR) is 261 cm³/mol. The van der Waals surface area contributed by atoms with E-state index in [2.05, 4.69) is 66.1 Å². The van der Waals surface area contributed by atoms with Crippen LogP contribution in [0.2, 0.25) is 0 Å². The molecule has 4 aromatic rings. The first kappa shape index (κ1) is 50.6. The van der Waals surface area contributed by atoms with Gasteiger partial charge in [-0.2, -0.15) is 0 Å². The van der Waals surface area contributed by atoms with Crippen LogP contribution in [0.15, 0.2) is 54.7 Å². The maximum atomic E-state index is 14.8. The number of methoxy groups -OCH3 is 2. The lowest BCUT2D eigenvalue weighted by molar-refractivity contribution is -0.155. The number of hydrazine groups is 1. The van der Waals surface area contributed by atoms with E-state index in [9.17, 15) is 29.1 Å². The first-order valence-corrected chi connectivity index (χ1v) is 24.0. The first-order valence-electron chi connectivity index (χ1n) is 24.0. The zero-order valence-electron chi connectivity index (χ0n) is 41.4. The number of nitrogens with one attached hydrogen (secondary N) is 2. The van der Waals surface area contributed by atoms with E-state index in [1.165, 1.54) is 21.9 Å². The van der Waals surface area contributed by atoms with Crippen molar-refractivity contribution in [3.05, 3.63) is 71.5 Å². The van der Waals surface area contributed by atoms with Crippen LogP contribution in [-0.2, 0) is 57.6 Å². The molecule has 0 saturated carbocycles. The van der Waals surface area contributed by atoms with Crippen molar-refractivity contribution in [3.8, 4) is 40.0 Å². The number of aryl methyl sites for hydroxylation is 1. The summed E-state index contributed by atoms with van der Waals surface area (Å²) in [7, 11) is 4.73. The van der Waals surface area contributed by atoms with Crippen LogP contribution >= 0.6 is 0 Å². The largest absolute Gasteiger partial charge is 0.508 e. The van der Waals surface area contributed by atoms with Gasteiger partial charge in [-0.3, -0.25) is 34.0 Å². The van der Waals surface area contributed by atoms with Crippen LogP contribution in [0.25, 0.3) is 33.3 Å². The molecule has 0 radical (unpaired) electrons. The fraction of sp³-hybridized carbons (Fsp3) is 0.509.